The van der Waals surface area contributed by atoms with E-state index >= 15 is 0 Å². The molecule has 0 radical (unpaired) electrons. The second-order valence-electron chi connectivity index (χ2n) is 3.22. The first-order chi connectivity index (χ1) is 4.35. The topological polar surface area (TPSA) is 12.0 Å². The van der Waals surface area contributed by atoms with Crippen molar-refractivity contribution in [3.8, 4) is 12.3 Å². The second kappa shape index (κ2) is 1.52. The van der Waals surface area contributed by atoms with Crippen molar-refractivity contribution in [3.05, 3.63) is 0 Å². The van der Waals surface area contributed by atoms with Crippen molar-refractivity contribution in [2.75, 3.05) is 6.54 Å². The van der Waals surface area contributed by atoms with Gasteiger partial charge in [-0.25, -0.2) is 0 Å². The first-order valence-electron chi connectivity index (χ1n) is 3.57. The maximum atomic E-state index is 5.36. The molecule has 1 nitrogen and oxygen atoms in total. The van der Waals surface area contributed by atoms with Crippen LogP contribution in [0.5, 0.6) is 0 Å². The Morgan fingerprint density at radius 1 is 1.56 bits per heavy atom. The summed E-state index contributed by atoms with van der Waals surface area (Å²) in [6, 6.07) is 0. The van der Waals surface area contributed by atoms with E-state index < -0.39 is 0 Å². The highest BCUT2D eigenvalue weighted by Gasteiger charge is 2.45. The predicted molar refractivity (Wildman–Crippen MR) is 36.9 cm³/mol. The number of nitrogens with one attached hydrogen (secondary N) is 1. The third-order valence-corrected chi connectivity index (χ3v) is 2.57. The Bertz CT molecular complexity index is 154. The van der Waals surface area contributed by atoms with Crippen molar-refractivity contribution in [1.29, 1.82) is 0 Å². The molecule has 2 saturated heterocycles. The highest BCUT2D eigenvalue weighted by Crippen LogP contribution is 2.42. The van der Waals surface area contributed by atoms with Crippen LogP contribution in [0.2, 0.25) is 0 Å². The van der Waals surface area contributed by atoms with Gasteiger partial charge in [0.25, 0.3) is 0 Å². The summed E-state index contributed by atoms with van der Waals surface area (Å²) in [6.07, 6.45) is 9.15. The number of hydrogen-bond donors (Lipinski definition) is 1. The van der Waals surface area contributed by atoms with E-state index in [9.17, 15) is 0 Å². The molecular formula is C8H11N. The molecule has 3 fully saturated rings. The van der Waals surface area contributed by atoms with Gasteiger partial charge in [-0.15, -0.1) is 6.42 Å². The fourth-order valence-electron chi connectivity index (χ4n) is 1.96. The van der Waals surface area contributed by atoms with Crippen LogP contribution in [0, 0.1) is 18.3 Å². The summed E-state index contributed by atoms with van der Waals surface area (Å²) in [7, 11) is 0. The molecule has 0 amide bonds. The van der Waals surface area contributed by atoms with Crippen LogP contribution in [0.15, 0.2) is 0 Å². The molecule has 1 N–H and O–H groups in total. The second-order valence-corrected chi connectivity index (χ2v) is 3.22. The summed E-state index contributed by atoms with van der Waals surface area (Å²) >= 11 is 0. The SMILES string of the molecule is C#CC12CC(CCN1)C2. The Balaban J connectivity index is 2.12. The molecule has 0 spiro atoms. The molecule has 0 atom stereocenters. The van der Waals surface area contributed by atoms with Crippen LogP contribution in [-0.4, -0.2) is 12.1 Å². The van der Waals surface area contributed by atoms with E-state index in [1.54, 1.807) is 0 Å². The predicted octanol–water partition coefficient (Wildman–Crippen LogP) is 0.762. The monoisotopic (exact) mass is 121 g/mol. The largest absolute Gasteiger partial charge is 0.301 e. The molecule has 2 aliphatic heterocycles. The van der Waals surface area contributed by atoms with Crippen LogP contribution >= 0.6 is 0 Å². The molecule has 0 aromatic heterocycles. The molecule has 2 bridgehead atoms. The van der Waals surface area contributed by atoms with Gasteiger partial charge in [0.1, 0.15) is 0 Å². The van der Waals surface area contributed by atoms with E-state index in [1.165, 1.54) is 19.3 Å². The highest BCUT2D eigenvalue weighted by molar-refractivity contribution is 5.21. The molecule has 0 aromatic rings. The van der Waals surface area contributed by atoms with E-state index in [0.29, 0.717) is 0 Å². The molecule has 0 aromatic carbocycles. The molecular weight excluding hydrogens is 110 g/mol. The van der Waals surface area contributed by atoms with Gasteiger partial charge in [0.15, 0.2) is 0 Å². The Labute approximate surface area is 55.8 Å². The van der Waals surface area contributed by atoms with Crippen molar-refractivity contribution in [2.45, 2.75) is 24.8 Å². The van der Waals surface area contributed by atoms with Gasteiger partial charge in [0.2, 0.25) is 0 Å². The molecule has 1 aliphatic carbocycles. The lowest BCUT2D eigenvalue weighted by Crippen LogP contribution is -2.59. The first-order valence-corrected chi connectivity index (χ1v) is 3.57. The van der Waals surface area contributed by atoms with Crippen molar-refractivity contribution < 1.29 is 0 Å². The number of rotatable bonds is 0. The van der Waals surface area contributed by atoms with Gasteiger partial charge >= 0.3 is 0 Å². The molecule has 0 unspecified atom stereocenters. The minimum atomic E-state index is 0.142. The summed E-state index contributed by atoms with van der Waals surface area (Å²) in [5, 5.41) is 3.38. The quantitative estimate of drug-likeness (QED) is 0.467. The van der Waals surface area contributed by atoms with Gasteiger partial charge in [0, 0.05) is 0 Å². The van der Waals surface area contributed by atoms with Gasteiger partial charge in [-0.2, -0.15) is 0 Å². The number of fused-ring (bicyclic) bond motifs is 2. The van der Waals surface area contributed by atoms with Crippen molar-refractivity contribution in [2.24, 2.45) is 5.92 Å². The van der Waals surface area contributed by atoms with Crippen LogP contribution in [-0.2, 0) is 0 Å². The average molecular weight is 121 g/mol. The number of terminal acetylenes is 1. The Morgan fingerprint density at radius 3 is 2.67 bits per heavy atom. The van der Waals surface area contributed by atoms with E-state index in [2.05, 4.69) is 11.2 Å². The summed E-state index contributed by atoms with van der Waals surface area (Å²) in [5.41, 5.74) is 0.142. The van der Waals surface area contributed by atoms with Gasteiger partial charge in [0.05, 0.1) is 5.54 Å². The molecule has 3 rings (SSSR count). The molecule has 9 heavy (non-hydrogen) atoms. The molecule has 1 heteroatoms. The van der Waals surface area contributed by atoms with Gasteiger partial charge in [-0.3, -0.25) is 0 Å². The van der Waals surface area contributed by atoms with Gasteiger partial charge in [-0.05, 0) is 31.7 Å². The standard InChI is InChI=1S/C8H11N/c1-2-8-5-7(6-8)3-4-9-8/h1,7,9H,3-6H2. The average Bonchev–Trinajstić information content (AvgIpc) is 1.88. The van der Waals surface area contributed by atoms with Crippen LogP contribution in [0.1, 0.15) is 19.3 Å². The zero-order valence-corrected chi connectivity index (χ0v) is 5.48. The van der Waals surface area contributed by atoms with E-state index in [0.717, 1.165) is 12.5 Å². The van der Waals surface area contributed by atoms with Gasteiger partial charge in [-0.1, -0.05) is 5.92 Å². The summed E-state index contributed by atoms with van der Waals surface area (Å²) < 4.78 is 0. The van der Waals surface area contributed by atoms with Crippen molar-refractivity contribution in [1.82, 2.24) is 5.32 Å². The minimum Gasteiger partial charge on any atom is -0.301 e. The minimum absolute atomic E-state index is 0.142. The van der Waals surface area contributed by atoms with E-state index in [4.69, 9.17) is 6.42 Å². The van der Waals surface area contributed by atoms with Crippen molar-refractivity contribution >= 4 is 0 Å². The molecule has 1 saturated carbocycles. The lowest BCUT2D eigenvalue weighted by molar-refractivity contribution is 0.103. The van der Waals surface area contributed by atoms with E-state index in [-0.39, 0.29) is 5.54 Å². The van der Waals surface area contributed by atoms with Crippen LogP contribution in [0.4, 0.5) is 0 Å². The van der Waals surface area contributed by atoms with Crippen LogP contribution in [0.25, 0.3) is 0 Å². The molecule has 48 valence electrons. The molecule has 2 heterocycles. The third-order valence-electron chi connectivity index (χ3n) is 2.57. The van der Waals surface area contributed by atoms with Crippen molar-refractivity contribution in [3.63, 3.8) is 0 Å². The first kappa shape index (κ1) is 5.32. The Morgan fingerprint density at radius 2 is 2.33 bits per heavy atom. The van der Waals surface area contributed by atoms with Crippen LogP contribution < -0.4 is 5.32 Å². The summed E-state index contributed by atoms with van der Waals surface area (Å²) in [4.78, 5) is 0. The zero-order valence-electron chi connectivity index (χ0n) is 5.48. The molecule has 3 aliphatic rings. The lowest BCUT2D eigenvalue weighted by Gasteiger charge is -2.49. The summed E-state index contributed by atoms with van der Waals surface area (Å²) in [5.74, 6) is 3.78. The van der Waals surface area contributed by atoms with E-state index in [1.807, 2.05) is 0 Å². The fourth-order valence-corrected chi connectivity index (χ4v) is 1.96. The maximum Gasteiger partial charge on any atom is 0.0803 e. The Kier molecular flexibility index (Phi) is 0.896. The third kappa shape index (κ3) is 0.601. The van der Waals surface area contributed by atoms with Gasteiger partial charge < -0.3 is 5.32 Å². The normalized spacial score (nSPS) is 47.2. The fraction of sp³-hybridized carbons (Fsp3) is 0.750. The highest BCUT2D eigenvalue weighted by atomic mass is 15.0. The number of piperidine rings is 2. The number of hydrogen-bond acceptors (Lipinski definition) is 1. The maximum absolute atomic E-state index is 5.36. The zero-order chi connectivity index (χ0) is 6.32. The van der Waals surface area contributed by atoms with Crippen LogP contribution in [0.3, 0.4) is 0 Å². The Hall–Kier alpha value is -0.480. The smallest absolute Gasteiger partial charge is 0.0803 e. The lowest BCUT2D eigenvalue weighted by atomic mass is 9.64. The summed E-state index contributed by atoms with van der Waals surface area (Å²) in [6.45, 7) is 1.13.